The Morgan fingerprint density at radius 2 is 2.03 bits per heavy atom. The van der Waals surface area contributed by atoms with Crippen LogP contribution in [-0.2, 0) is 13.6 Å². The number of hydrogen-bond donors (Lipinski definition) is 0. The van der Waals surface area contributed by atoms with E-state index < -0.39 is 0 Å². The monoisotopic (exact) mass is 393 g/mol. The van der Waals surface area contributed by atoms with Crippen LogP contribution < -0.4 is 4.74 Å². The molecule has 2 aliphatic rings. The topological polar surface area (TPSA) is 60.5 Å². The summed E-state index contributed by atoms with van der Waals surface area (Å²) in [5.41, 5.74) is 2.87. The van der Waals surface area contributed by atoms with E-state index in [1.807, 2.05) is 40.9 Å². The van der Waals surface area contributed by atoms with E-state index in [1.54, 1.807) is 7.11 Å². The zero-order chi connectivity index (χ0) is 20.0. The van der Waals surface area contributed by atoms with Crippen LogP contribution in [0.1, 0.15) is 66.4 Å². The van der Waals surface area contributed by atoms with Crippen molar-refractivity contribution in [3.8, 4) is 5.75 Å². The molecular weight excluding hydrogens is 366 g/mol. The van der Waals surface area contributed by atoms with Gasteiger partial charge in [-0.25, -0.2) is 0 Å². The first-order valence-electron chi connectivity index (χ1n) is 10.5. The first-order chi connectivity index (χ1) is 14.1. The summed E-state index contributed by atoms with van der Waals surface area (Å²) in [5, 5.41) is 5.58. The number of benzene rings is 1. The Balaban J connectivity index is 1.46. The second kappa shape index (κ2) is 7.25. The van der Waals surface area contributed by atoms with Gasteiger partial charge in [0.15, 0.2) is 17.1 Å². The summed E-state index contributed by atoms with van der Waals surface area (Å²) in [7, 11) is 3.62. The molecule has 0 radical (unpaired) electrons. The van der Waals surface area contributed by atoms with Crippen LogP contribution in [0.25, 0.3) is 11.0 Å². The maximum atomic E-state index is 13.5. The third kappa shape index (κ3) is 3.41. The van der Waals surface area contributed by atoms with Gasteiger partial charge in [0.1, 0.15) is 0 Å². The van der Waals surface area contributed by atoms with Crippen LogP contribution >= 0.6 is 0 Å². The van der Waals surface area contributed by atoms with Crippen LogP contribution in [0.15, 0.2) is 34.7 Å². The van der Waals surface area contributed by atoms with Crippen LogP contribution in [0.2, 0.25) is 0 Å². The summed E-state index contributed by atoms with van der Waals surface area (Å²) in [5.74, 6) is 1.59. The highest BCUT2D eigenvalue weighted by Crippen LogP contribution is 2.40. The van der Waals surface area contributed by atoms with Gasteiger partial charge in [0, 0.05) is 30.1 Å². The number of carbonyl (C=O) groups excluding carboxylic acids is 1. The molecule has 2 aromatic heterocycles. The summed E-state index contributed by atoms with van der Waals surface area (Å²) in [6.07, 6.45) is 6.89. The van der Waals surface area contributed by atoms with Gasteiger partial charge in [-0.2, -0.15) is 5.10 Å². The minimum atomic E-state index is -0.0613. The van der Waals surface area contributed by atoms with Crippen molar-refractivity contribution in [3.05, 3.63) is 47.5 Å². The lowest BCUT2D eigenvalue weighted by Gasteiger charge is -2.27. The number of fused-ring (bicyclic) bond motifs is 1. The Labute approximate surface area is 170 Å². The molecule has 2 fully saturated rings. The summed E-state index contributed by atoms with van der Waals surface area (Å²) in [4.78, 5) is 15.5. The summed E-state index contributed by atoms with van der Waals surface area (Å²) in [6.45, 7) is 0.526. The van der Waals surface area contributed by atoms with Gasteiger partial charge >= 0.3 is 0 Å². The Morgan fingerprint density at radius 1 is 1.24 bits per heavy atom. The Bertz CT molecular complexity index is 1040. The smallest absolute Gasteiger partial charge is 0.290 e. The van der Waals surface area contributed by atoms with Crippen molar-refractivity contribution in [1.29, 1.82) is 0 Å². The predicted molar refractivity (Wildman–Crippen MR) is 110 cm³/mol. The highest BCUT2D eigenvalue weighted by atomic mass is 16.5. The molecule has 1 amide bonds. The number of nitrogens with zero attached hydrogens (tertiary/aromatic N) is 3. The molecular formula is C23H27N3O3. The van der Waals surface area contributed by atoms with Crippen LogP contribution in [0.4, 0.5) is 0 Å². The molecule has 0 spiro atoms. The first-order valence-corrected chi connectivity index (χ1v) is 10.5. The molecule has 2 saturated carbocycles. The van der Waals surface area contributed by atoms with E-state index in [0.717, 1.165) is 36.8 Å². The second-order valence-electron chi connectivity index (χ2n) is 8.32. The Hall–Kier alpha value is -2.76. The molecule has 3 aromatic rings. The molecule has 0 bridgehead atoms. The first kappa shape index (κ1) is 18.3. The largest absolute Gasteiger partial charge is 0.493 e. The van der Waals surface area contributed by atoms with Crippen LogP contribution in [0, 0.1) is 0 Å². The number of hydrogen-bond acceptors (Lipinski definition) is 4. The fourth-order valence-corrected chi connectivity index (χ4v) is 4.58. The van der Waals surface area contributed by atoms with Crippen molar-refractivity contribution in [3.63, 3.8) is 0 Å². The molecule has 5 rings (SSSR count). The second-order valence-corrected chi connectivity index (χ2v) is 8.32. The molecule has 0 N–H and O–H groups in total. The van der Waals surface area contributed by atoms with Crippen molar-refractivity contribution < 1.29 is 13.9 Å². The quantitative estimate of drug-likeness (QED) is 0.612. The van der Waals surface area contributed by atoms with Crippen molar-refractivity contribution in [2.24, 2.45) is 7.05 Å². The van der Waals surface area contributed by atoms with E-state index >= 15 is 0 Å². The van der Waals surface area contributed by atoms with Crippen molar-refractivity contribution in [1.82, 2.24) is 14.7 Å². The number of amides is 1. The third-order valence-electron chi connectivity index (χ3n) is 6.26. The molecule has 0 unspecified atom stereocenters. The molecule has 6 nitrogen and oxygen atoms in total. The standard InChI is InChI=1S/C23H27N3O3/c1-25-19(15-10-11-15)13-17(24-25)14-26(18-7-3-4-8-18)23(27)21-12-16-6-5-9-20(28-2)22(16)29-21/h5-6,9,12-13,15,18H,3-4,7-8,10-11,14H2,1-2H3. The SMILES string of the molecule is COc1cccc2cc(C(=O)N(Cc3cc(C4CC4)n(C)n3)C3CCCC3)oc12. The molecule has 2 heterocycles. The lowest BCUT2D eigenvalue weighted by molar-refractivity contribution is 0.0631. The molecule has 6 heteroatoms. The summed E-state index contributed by atoms with van der Waals surface area (Å²) in [6, 6.07) is 9.95. The lowest BCUT2D eigenvalue weighted by Crippen LogP contribution is -2.38. The molecule has 2 aliphatic carbocycles. The van der Waals surface area contributed by atoms with Gasteiger partial charge in [0.05, 0.1) is 19.3 Å². The fraction of sp³-hybridized carbons (Fsp3) is 0.478. The van der Waals surface area contributed by atoms with Crippen LogP contribution in [0.3, 0.4) is 0 Å². The Kier molecular flexibility index (Phi) is 4.57. The average Bonchev–Trinajstić information content (AvgIpc) is 3.12. The van der Waals surface area contributed by atoms with Gasteiger partial charge in [-0.1, -0.05) is 25.0 Å². The number of furan rings is 1. The number of methoxy groups -OCH3 is 1. The highest BCUT2D eigenvalue weighted by Gasteiger charge is 2.32. The van der Waals surface area contributed by atoms with E-state index in [1.165, 1.54) is 18.5 Å². The maximum absolute atomic E-state index is 13.5. The van der Waals surface area contributed by atoms with E-state index in [0.29, 0.717) is 29.6 Å². The van der Waals surface area contributed by atoms with E-state index in [9.17, 15) is 4.79 Å². The van der Waals surface area contributed by atoms with Gasteiger partial charge in [0.2, 0.25) is 0 Å². The number of ether oxygens (including phenoxy) is 1. The molecule has 29 heavy (non-hydrogen) atoms. The number of para-hydroxylation sites is 1. The molecule has 1 aromatic carbocycles. The lowest BCUT2D eigenvalue weighted by atomic mass is 10.1. The normalized spacial score (nSPS) is 17.2. The third-order valence-corrected chi connectivity index (χ3v) is 6.26. The minimum absolute atomic E-state index is 0.0613. The molecule has 152 valence electrons. The number of rotatable bonds is 6. The molecule has 0 saturated heterocycles. The van der Waals surface area contributed by atoms with E-state index in [-0.39, 0.29) is 11.9 Å². The van der Waals surface area contributed by atoms with Crippen molar-refractivity contribution >= 4 is 16.9 Å². The molecule has 0 atom stereocenters. The summed E-state index contributed by atoms with van der Waals surface area (Å²) >= 11 is 0. The van der Waals surface area contributed by atoms with Crippen LogP contribution in [0.5, 0.6) is 5.75 Å². The van der Waals surface area contributed by atoms with Gasteiger partial charge in [-0.05, 0) is 43.9 Å². The number of aryl methyl sites for hydroxylation is 1. The van der Waals surface area contributed by atoms with Crippen molar-refractivity contribution in [2.45, 2.75) is 57.0 Å². The van der Waals surface area contributed by atoms with Crippen molar-refractivity contribution in [2.75, 3.05) is 7.11 Å². The zero-order valence-corrected chi connectivity index (χ0v) is 17.1. The zero-order valence-electron chi connectivity index (χ0n) is 17.1. The van der Waals surface area contributed by atoms with E-state index in [4.69, 9.17) is 14.3 Å². The van der Waals surface area contributed by atoms with Crippen LogP contribution in [-0.4, -0.2) is 33.7 Å². The van der Waals surface area contributed by atoms with Gasteiger partial charge < -0.3 is 14.1 Å². The van der Waals surface area contributed by atoms with E-state index in [2.05, 4.69) is 6.07 Å². The van der Waals surface area contributed by atoms with Gasteiger partial charge in [-0.3, -0.25) is 9.48 Å². The van der Waals surface area contributed by atoms with Gasteiger partial charge in [-0.15, -0.1) is 0 Å². The fourth-order valence-electron chi connectivity index (χ4n) is 4.58. The number of carbonyl (C=O) groups is 1. The minimum Gasteiger partial charge on any atom is -0.493 e. The number of aromatic nitrogens is 2. The van der Waals surface area contributed by atoms with Gasteiger partial charge in [0.25, 0.3) is 5.91 Å². The maximum Gasteiger partial charge on any atom is 0.290 e. The highest BCUT2D eigenvalue weighted by molar-refractivity contribution is 5.97. The molecule has 0 aliphatic heterocycles. The Morgan fingerprint density at radius 3 is 2.76 bits per heavy atom. The summed E-state index contributed by atoms with van der Waals surface area (Å²) < 4.78 is 13.3. The predicted octanol–water partition coefficient (Wildman–Crippen LogP) is 4.64. The average molecular weight is 393 g/mol.